The molecule has 1 aliphatic heterocycles. The predicted octanol–water partition coefficient (Wildman–Crippen LogP) is 5.88. The van der Waals surface area contributed by atoms with Crippen molar-refractivity contribution in [3.63, 3.8) is 0 Å². The number of carbonyl (C=O) groups is 1. The Morgan fingerprint density at radius 1 is 1.03 bits per heavy atom. The highest BCUT2D eigenvalue weighted by atomic mass is 16.5. The third-order valence-electron chi connectivity index (χ3n) is 8.97. The second-order valence-corrected chi connectivity index (χ2v) is 11.3. The minimum absolute atomic E-state index is 0.0690. The maximum absolute atomic E-state index is 13.3. The van der Waals surface area contributed by atoms with E-state index in [1.807, 2.05) is 42.5 Å². The van der Waals surface area contributed by atoms with E-state index in [1.165, 1.54) is 38.5 Å². The number of hydrogen-bond acceptors (Lipinski definition) is 5. The lowest BCUT2D eigenvalue weighted by atomic mass is 9.81. The van der Waals surface area contributed by atoms with Gasteiger partial charge < -0.3 is 20.7 Å². The van der Waals surface area contributed by atoms with Crippen LogP contribution in [0.5, 0.6) is 11.5 Å². The fourth-order valence-corrected chi connectivity index (χ4v) is 7.15. The van der Waals surface area contributed by atoms with Gasteiger partial charge in [-0.3, -0.25) is 4.79 Å². The van der Waals surface area contributed by atoms with E-state index in [1.54, 1.807) is 0 Å². The second kappa shape index (κ2) is 10.2. The maximum Gasteiger partial charge on any atom is 0.222 e. The number of ether oxygens (including phenoxy) is 1. The fraction of sp³-hybridized carbons (Fsp3) is 0.533. The van der Waals surface area contributed by atoms with E-state index >= 15 is 0 Å². The molecule has 1 amide bonds. The third kappa shape index (κ3) is 4.95. The summed E-state index contributed by atoms with van der Waals surface area (Å²) >= 11 is 0. The molecular formula is C30H38N4O2. The van der Waals surface area contributed by atoms with Gasteiger partial charge in [0.1, 0.15) is 11.5 Å². The van der Waals surface area contributed by atoms with Crippen molar-refractivity contribution < 1.29 is 9.53 Å². The Labute approximate surface area is 214 Å². The molecule has 3 N–H and O–H groups in total. The number of guanidine groups is 1. The molecule has 0 spiro atoms. The highest BCUT2D eigenvalue weighted by Crippen LogP contribution is 2.44. The van der Waals surface area contributed by atoms with Crippen LogP contribution < -0.4 is 15.8 Å². The van der Waals surface area contributed by atoms with Crippen LogP contribution in [0.15, 0.2) is 53.5 Å². The molecule has 36 heavy (non-hydrogen) atoms. The molecular weight excluding hydrogens is 448 g/mol. The topological polar surface area (TPSA) is 80.0 Å². The van der Waals surface area contributed by atoms with E-state index in [0.717, 1.165) is 47.9 Å². The van der Waals surface area contributed by atoms with Gasteiger partial charge in [-0.15, -0.1) is 0 Å². The van der Waals surface area contributed by atoms with Gasteiger partial charge in [0.2, 0.25) is 5.91 Å². The average molecular weight is 487 g/mol. The molecule has 3 fully saturated rings. The first kappa shape index (κ1) is 23.4. The van der Waals surface area contributed by atoms with Gasteiger partial charge in [-0.25, -0.2) is 4.99 Å². The van der Waals surface area contributed by atoms with Crippen molar-refractivity contribution in [3.05, 3.63) is 54.1 Å². The summed E-state index contributed by atoms with van der Waals surface area (Å²) in [5, 5.41) is 3.42. The Hall–Kier alpha value is -3.02. The van der Waals surface area contributed by atoms with Crippen molar-refractivity contribution in [3.8, 4) is 11.5 Å². The molecule has 6 heteroatoms. The van der Waals surface area contributed by atoms with Gasteiger partial charge in [0.15, 0.2) is 5.96 Å². The van der Waals surface area contributed by atoms with Crippen molar-refractivity contribution in [2.24, 2.45) is 28.5 Å². The standard InChI is InChI=1S/C30H38N4O2/c31-30-33-26-14-13-25(36-24-9-5-2-6-10-24)17-23(26)19-34(30)28(21-7-3-1-4-8-21)18-29(35)32-27-16-20-11-12-22(27)15-20/h2,5-6,9-10,13-14,17,20-22,27-28H,1,3-4,7-8,11-12,15-16,18-19H2,(H2,31,33)(H,32,35). The van der Waals surface area contributed by atoms with E-state index in [2.05, 4.69) is 16.3 Å². The molecule has 4 atom stereocenters. The summed E-state index contributed by atoms with van der Waals surface area (Å²) in [6, 6.07) is 16.3. The van der Waals surface area contributed by atoms with Gasteiger partial charge in [-0.2, -0.15) is 0 Å². The summed E-state index contributed by atoms with van der Waals surface area (Å²) in [6.07, 6.45) is 11.6. The zero-order valence-electron chi connectivity index (χ0n) is 21.1. The zero-order valence-corrected chi connectivity index (χ0v) is 21.1. The first-order chi connectivity index (χ1) is 17.6. The van der Waals surface area contributed by atoms with Crippen LogP contribution in [-0.4, -0.2) is 28.9 Å². The molecule has 190 valence electrons. The first-order valence-corrected chi connectivity index (χ1v) is 13.9. The molecule has 0 aromatic heterocycles. The number of benzene rings is 2. The van der Waals surface area contributed by atoms with E-state index in [4.69, 9.17) is 15.5 Å². The van der Waals surface area contributed by atoms with Crippen LogP contribution in [-0.2, 0) is 11.3 Å². The maximum atomic E-state index is 13.3. The molecule has 2 bridgehead atoms. The number of para-hydroxylation sites is 1. The molecule has 6 rings (SSSR count). The minimum Gasteiger partial charge on any atom is -0.457 e. The average Bonchev–Trinajstić information content (AvgIpc) is 3.52. The van der Waals surface area contributed by atoms with E-state index in [0.29, 0.717) is 36.8 Å². The Kier molecular flexibility index (Phi) is 6.60. The molecule has 3 aliphatic carbocycles. The number of nitrogens with two attached hydrogens (primary N) is 1. The quantitative estimate of drug-likeness (QED) is 0.512. The van der Waals surface area contributed by atoms with Gasteiger partial charge in [-0.05, 0) is 80.2 Å². The monoisotopic (exact) mass is 486 g/mol. The normalized spacial score (nSPS) is 26.3. The van der Waals surface area contributed by atoms with Crippen LogP contribution in [0.4, 0.5) is 5.69 Å². The molecule has 4 aliphatic rings. The Morgan fingerprint density at radius 2 is 1.86 bits per heavy atom. The Bertz CT molecular complexity index is 1110. The lowest BCUT2D eigenvalue weighted by molar-refractivity contribution is -0.123. The summed E-state index contributed by atoms with van der Waals surface area (Å²) < 4.78 is 6.08. The van der Waals surface area contributed by atoms with Crippen LogP contribution in [0.1, 0.15) is 69.8 Å². The number of nitrogens with zero attached hydrogens (tertiary/aromatic N) is 2. The number of aliphatic imine (C=N–C) groups is 1. The lowest BCUT2D eigenvalue weighted by Crippen LogP contribution is -2.51. The summed E-state index contributed by atoms with van der Waals surface area (Å²) in [5.41, 5.74) is 8.54. The predicted molar refractivity (Wildman–Crippen MR) is 142 cm³/mol. The summed E-state index contributed by atoms with van der Waals surface area (Å²) in [6.45, 7) is 0.652. The number of fused-ring (bicyclic) bond motifs is 3. The molecule has 0 saturated heterocycles. The molecule has 0 radical (unpaired) electrons. The van der Waals surface area contributed by atoms with E-state index in [9.17, 15) is 4.79 Å². The SMILES string of the molecule is NC1=Nc2ccc(Oc3ccccc3)cc2CN1C(CC(=O)NC1CC2CCC1C2)C1CCCCC1. The number of carbonyl (C=O) groups excluding carboxylic acids is 1. The fourth-order valence-electron chi connectivity index (χ4n) is 7.15. The van der Waals surface area contributed by atoms with Gasteiger partial charge in [0, 0.05) is 30.6 Å². The van der Waals surface area contributed by atoms with Crippen molar-refractivity contribution in [1.29, 1.82) is 0 Å². The van der Waals surface area contributed by atoms with Crippen LogP contribution >= 0.6 is 0 Å². The summed E-state index contributed by atoms with van der Waals surface area (Å²) in [5.74, 6) is 4.28. The zero-order chi connectivity index (χ0) is 24.5. The minimum atomic E-state index is 0.0690. The van der Waals surface area contributed by atoms with Crippen LogP contribution in [0.3, 0.4) is 0 Å². The number of nitrogens with one attached hydrogen (secondary N) is 1. The molecule has 4 unspecified atom stereocenters. The van der Waals surface area contributed by atoms with Gasteiger partial charge in [-0.1, -0.05) is 43.9 Å². The Morgan fingerprint density at radius 3 is 2.61 bits per heavy atom. The molecule has 3 saturated carbocycles. The molecule has 2 aromatic carbocycles. The van der Waals surface area contributed by atoms with Crippen LogP contribution in [0.2, 0.25) is 0 Å². The van der Waals surface area contributed by atoms with Gasteiger partial charge in [0.25, 0.3) is 0 Å². The highest BCUT2D eigenvalue weighted by Gasteiger charge is 2.41. The molecule has 2 aromatic rings. The van der Waals surface area contributed by atoms with Gasteiger partial charge >= 0.3 is 0 Å². The number of hydrogen-bond donors (Lipinski definition) is 2. The van der Waals surface area contributed by atoms with Gasteiger partial charge in [0.05, 0.1) is 5.69 Å². The highest BCUT2D eigenvalue weighted by molar-refractivity contribution is 5.85. The van der Waals surface area contributed by atoms with Crippen molar-refractivity contribution in [2.75, 3.05) is 0 Å². The van der Waals surface area contributed by atoms with E-state index < -0.39 is 0 Å². The van der Waals surface area contributed by atoms with Crippen LogP contribution in [0, 0.1) is 17.8 Å². The second-order valence-electron chi connectivity index (χ2n) is 11.3. The Balaban J connectivity index is 1.20. The number of rotatable bonds is 7. The van der Waals surface area contributed by atoms with Crippen molar-refractivity contribution >= 4 is 17.6 Å². The largest absolute Gasteiger partial charge is 0.457 e. The third-order valence-corrected chi connectivity index (χ3v) is 8.97. The molecule has 6 nitrogen and oxygen atoms in total. The first-order valence-electron chi connectivity index (χ1n) is 13.9. The summed E-state index contributed by atoms with van der Waals surface area (Å²) in [7, 11) is 0. The van der Waals surface area contributed by atoms with Crippen molar-refractivity contribution in [2.45, 2.75) is 82.8 Å². The van der Waals surface area contributed by atoms with Crippen molar-refractivity contribution in [1.82, 2.24) is 10.2 Å². The lowest BCUT2D eigenvalue weighted by Gasteiger charge is -2.41. The molecule has 1 heterocycles. The summed E-state index contributed by atoms with van der Waals surface area (Å²) in [4.78, 5) is 20.3. The van der Waals surface area contributed by atoms with E-state index in [-0.39, 0.29) is 11.9 Å². The number of amides is 1. The van der Waals surface area contributed by atoms with Crippen LogP contribution in [0.25, 0.3) is 0 Å². The smallest absolute Gasteiger partial charge is 0.222 e.